The predicted molar refractivity (Wildman–Crippen MR) is 85.3 cm³/mol. The van der Waals surface area contributed by atoms with E-state index >= 15 is 0 Å². The molecule has 4 rings (SSSR count). The zero-order chi connectivity index (χ0) is 16.7. The first-order valence-corrected chi connectivity index (χ1v) is 7.90. The highest BCUT2D eigenvalue weighted by Crippen LogP contribution is 2.34. The molecule has 0 amide bonds. The van der Waals surface area contributed by atoms with Crippen molar-refractivity contribution >= 4 is 5.65 Å². The van der Waals surface area contributed by atoms with E-state index in [0.717, 1.165) is 17.4 Å². The van der Waals surface area contributed by atoms with Crippen LogP contribution in [0.25, 0.3) is 5.65 Å². The summed E-state index contributed by atoms with van der Waals surface area (Å²) in [6, 6.07) is 9.68. The van der Waals surface area contributed by atoms with Gasteiger partial charge < -0.3 is 9.51 Å². The maximum absolute atomic E-state index is 13.6. The van der Waals surface area contributed by atoms with E-state index in [1.165, 1.54) is 6.07 Å². The van der Waals surface area contributed by atoms with Crippen LogP contribution in [-0.2, 0) is 6.54 Å². The first-order chi connectivity index (χ1) is 11.6. The van der Waals surface area contributed by atoms with Gasteiger partial charge in [0.05, 0.1) is 6.10 Å². The molecule has 0 bridgehead atoms. The molecule has 124 valence electrons. The quantitative estimate of drug-likeness (QED) is 0.803. The number of nitrogens with zero attached hydrogens (tertiary/aromatic N) is 3. The minimum Gasteiger partial charge on any atom is -0.392 e. The van der Waals surface area contributed by atoms with E-state index in [2.05, 4.69) is 9.88 Å². The smallest absolute Gasteiger partial charge is 0.159 e. The normalized spacial score (nSPS) is 21.6. The number of hydrogen-bond donors (Lipinski definition) is 1. The van der Waals surface area contributed by atoms with Crippen molar-refractivity contribution in [1.29, 1.82) is 0 Å². The van der Waals surface area contributed by atoms with Crippen molar-refractivity contribution in [3.63, 3.8) is 0 Å². The topological polar surface area (TPSA) is 40.8 Å². The molecular formula is C18H17F2N3O. The molecule has 0 spiro atoms. The fourth-order valence-electron chi connectivity index (χ4n) is 3.46. The Morgan fingerprint density at radius 3 is 2.88 bits per heavy atom. The molecule has 0 aliphatic carbocycles. The Balaban J connectivity index is 1.65. The van der Waals surface area contributed by atoms with Crippen molar-refractivity contribution in [3.05, 3.63) is 71.7 Å². The molecule has 2 aromatic heterocycles. The molecule has 0 saturated carbocycles. The van der Waals surface area contributed by atoms with E-state index in [1.807, 2.05) is 28.8 Å². The predicted octanol–water partition coefficient (Wildman–Crippen LogP) is 2.92. The van der Waals surface area contributed by atoms with Gasteiger partial charge in [0.15, 0.2) is 11.6 Å². The van der Waals surface area contributed by atoms with E-state index in [1.54, 1.807) is 12.3 Å². The fraction of sp³-hybridized carbons (Fsp3) is 0.278. The summed E-state index contributed by atoms with van der Waals surface area (Å²) in [7, 11) is 0. The summed E-state index contributed by atoms with van der Waals surface area (Å²) in [6.07, 6.45) is 3.66. The minimum absolute atomic E-state index is 0.145. The molecule has 3 aromatic rings. The summed E-state index contributed by atoms with van der Waals surface area (Å²) in [5.41, 5.74) is 2.58. The standard InChI is InChI=1S/C18H17F2N3O/c19-15-5-4-12(8-16(15)20)17-9-14(24)11-22(17)10-13-2-1-3-18-21-6-7-23(13)18/h1-8,14,17,24H,9-11H2/t14-,17+/m1/s1. The molecule has 6 heteroatoms. The van der Waals surface area contributed by atoms with Gasteiger partial charge in [-0.25, -0.2) is 13.8 Å². The number of aliphatic hydroxyl groups is 1. The average molecular weight is 329 g/mol. The summed E-state index contributed by atoms with van der Waals surface area (Å²) >= 11 is 0. The Morgan fingerprint density at radius 2 is 2.04 bits per heavy atom. The Bertz CT molecular complexity index is 880. The van der Waals surface area contributed by atoms with Gasteiger partial charge >= 0.3 is 0 Å². The summed E-state index contributed by atoms with van der Waals surface area (Å²) in [4.78, 5) is 6.36. The van der Waals surface area contributed by atoms with E-state index in [9.17, 15) is 13.9 Å². The maximum atomic E-state index is 13.6. The summed E-state index contributed by atoms with van der Waals surface area (Å²) in [5, 5.41) is 10.1. The largest absolute Gasteiger partial charge is 0.392 e. The number of imidazole rings is 1. The third kappa shape index (κ3) is 2.68. The lowest BCUT2D eigenvalue weighted by Crippen LogP contribution is -2.25. The number of hydrogen-bond acceptors (Lipinski definition) is 3. The summed E-state index contributed by atoms with van der Waals surface area (Å²) in [5.74, 6) is -1.71. The number of aromatic nitrogens is 2. The highest BCUT2D eigenvalue weighted by molar-refractivity contribution is 5.39. The third-order valence-corrected chi connectivity index (χ3v) is 4.59. The monoisotopic (exact) mass is 329 g/mol. The number of rotatable bonds is 3. The van der Waals surface area contributed by atoms with Crippen LogP contribution in [0.4, 0.5) is 8.78 Å². The average Bonchev–Trinajstić information content (AvgIpc) is 3.17. The zero-order valence-electron chi connectivity index (χ0n) is 12.9. The van der Waals surface area contributed by atoms with Gasteiger partial charge in [-0.1, -0.05) is 12.1 Å². The Labute approximate surface area is 138 Å². The van der Waals surface area contributed by atoms with Crippen LogP contribution >= 0.6 is 0 Å². The number of halogens is 2. The van der Waals surface area contributed by atoms with Gasteiger partial charge in [-0.15, -0.1) is 0 Å². The van der Waals surface area contributed by atoms with E-state index in [4.69, 9.17) is 0 Å². The molecule has 1 fully saturated rings. The molecule has 1 aromatic carbocycles. The summed E-state index contributed by atoms with van der Waals surface area (Å²) < 4.78 is 28.8. The molecule has 1 aliphatic heterocycles. The van der Waals surface area contributed by atoms with Crippen molar-refractivity contribution in [1.82, 2.24) is 14.3 Å². The second-order valence-electron chi connectivity index (χ2n) is 6.18. The zero-order valence-corrected chi connectivity index (χ0v) is 12.9. The number of benzene rings is 1. The van der Waals surface area contributed by atoms with Crippen molar-refractivity contribution < 1.29 is 13.9 Å². The van der Waals surface area contributed by atoms with Crippen molar-refractivity contribution in [3.8, 4) is 0 Å². The highest BCUT2D eigenvalue weighted by Gasteiger charge is 2.32. The van der Waals surface area contributed by atoms with E-state index in [0.29, 0.717) is 25.1 Å². The molecule has 1 aliphatic rings. The van der Waals surface area contributed by atoms with E-state index in [-0.39, 0.29) is 6.04 Å². The molecule has 1 saturated heterocycles. The van der Waals surface area contributed by atoms with E-state index < -0.39 is 17.7 Å². The van der Waals surface area contributed by atoms with Crippen LogP contribution in [0.3, 0.4) is 0 Å². The van der Waals surface area contributed by atoms with Gasteiger partial charge in [-0.3, -0.25) is 4.90 Å². The Hall–Kier alpha value is -2.31. The minimum atomic E-state index is -0.856. The number of β-amino-alcohol motifs (C(OH)–C–C–N with tert-alkyl or cyclic N) is 1. The van der Waals surface area contributed by atoms with Gasteiger partial charge in [-0.05, 0) is 36.2 Å². The van der Waals surface area contributed by atoms with Gasteiger partial charge in [0.25, 0.3) is 0 Å². The fourth-order valence-corrected chi connectivity index (χ4v) is 3.46. The van der Waals surface area contributed by atoms with Crippen LogP contribution in [0.2, 0.25) is 0 Å². The van der Waals surface area contributed by atoms with Gasteiger partial charge in [0.1, 0.15) is 5.65 Å². The Morgan fingerprint density at radius 1 is 1.17 bits per heavy atom. The van der Waals surface area contributed by atoms with Crippen molar-refractivity contribution in [2.75, 3.05) is 6.54 Å². The van der Waals surface area contributed by atoms with Crippen LogP contribution < -0.4 is 0 Å². The molecule has 3 heterocycles. The first kappa shape index (κ1) is 15.2. The van der Waals surface area contributed by atoms with Gasteiger partial charge in [0.2, 0.25) is 0 Å². The van der Waals surface area contributed by atoms with Crippen molar-refractivity contribution in [2.45, 2.75) is 25.1 Å². The van der Waals surface area contributed by atoms with Crippen LogP contribution in [0.1, 0.15) is 23.7 Å². The molecular weight excluding hydrogens is 312 g/mol. The molecule has 0 radical (unpaired) electrons. The Kier molecular flexibility index (Phi) is 3.78. The number of pyridine rings is 1. The van der Waals surface area contributed by atoms with Crippen LogP contribution in [0.15, 0.2) is 48.8 Å². The molecule has 24 heavy (non-hydrogen) atoms. The third-order valence-electron chi connectivity index (χ3n) is 4.59. The van der Waals surface area contributed by atoms with Crippen LogP contribution in [-0.4, -0.2) is 32.0 Å². The maximum Gasteiger partial charge on any atom is 0.159 e. The molecule has 1 N–H and O–H groups in total. The van der Waals surface area contributed by atoms with Crippen molar-refractivity contribution in [2.24, 2.45) is 0 Å². The number of likely N-dealkylation sites (tertiary alicyclic amines) is 1. The first-order valence-electron chi connectivity index (χ1n) is 7.90. The summed E-state index contributed by atoms with van der Waals surface area (Å²) in [6.45, 7) is 1.09. The molecule has 4 nitrogen and oxygen atoms in total. The lowest BCUT2D eigenvalue weighted by Gasteiger charge is -2.25. The van der Waals surface area contributed by atoms with Gasteiger partial charge in [-0.2, -0.15) is 0 Å². The second-order valence-corrected chi connectivity index (χ2v) is 6.18. The van der Waals surface area contributed by atoms with Crippen LogP contribution in [0.5, 0.6) is 0 Å². The lowest BCUT2D eigenvalue weighted by molar-refractivity contribution is 0.172. The SMILES string of the molecule is O[C@@H]1C[C@@H](c2ccc(F)c(F)c2)N(Cc2cccc3nccn23)C1. The molecule has 0 unspecified atom stereocenters. The van der Waals surface area contributed by atoms with Gasteiger partial charge in [0, 0.05) is 37.2 Å². The number of fused-ring (bicyclic) bond motifs is 1. The lowest BCUT2D eigenvalue weighted by atomic mass is 10.0. The second kappa shape index (κ2) is 5.96. The molecule has 2 atom stereocenters. The number of aliphatic hydroxyl groups excluding tert-OH is 1. The van der Waals surface area contributed by atoms with Crippen LogP contribution in [0, 0.1) is 11.6 Å². The highest BCUT2D eigenvalue weighted by atomic mass is 19.2.